The van der Waals surface area contributed by atoms with Gasteiger partial charge in [0.15, 0.2) is 0 Å². The first-order chi connectivity index (χ1) is 13.0. The van der Waals surface area contributed by atoms with Crippen molar-refractivity contribution in [3.05, 3.63) is 76.3 Å². The minimum Gasteiger partial charge on any atom is -0.508 e. The van der Waals surface area contributed by atoms with E-state index in [9.17, 15) is 14.7 Å². The fourth-order valence-electron chi connectivity index (χ4n) is 2.55. The van der Waals surface area contributed by atoms with Gasteiger partial charge >= 0.3 is 5.97 Å². The fraction of sp³-hybridized carbons (Fsp3) is 0.0526. The SMILES string of the molecule is Cc1occc(=O)c1OC(=O)c1cccc(O)c1.c1cc2nn3nc2c3c1. The molecule has 4 aromatic heterocycles. The van der Waals surface area contributed by atoms with Gasteiger partial charge in [-0.2, -0.15) is 0 Å². The highest BCUT2D eigenvalue weighted by Crippen LogP contribution is 2.20. The molecule has 0 saturated carbocycles. The normalized spacial score (nSPS) is 10.9. The number of nitrogens with zero attached hydrogens (tertiary/aromatic N) is 3. The van der Waals surface area contributed by atoms with Crippen LogP contribution in [0.25, 0.3) is 16.6 Å². The number of benzene rings is 2. The molecule has 8 heteroatoms. The zero-order chi connectivity index (χ0) is 19.0. The third-order valence-electron chi connectivity index (χ3n) is 3.89. The van der Waals surface area contributed by atoms with Crippen LogP contribution in [0.3, 0.4) is 0 Å². The highest BCUT2D eigenvalue weighted by atomic mass is 16.5. The van der Waals surface area contributed by atoms with Crippen LogP contribution in [-0.2, 0) is 0 Å². The Labute approximate surface area is 151 Å². The second-order valence-corrected chi connectivity index (χ2v) is 5.74. The van der Waals surface area contributed by atoms with Crippen molar-refractivity contribution in [2.75, 3.05) is 0 Å². The molecule has 0 radical (unpaired) electrons. The van der Waals surface area contributed by atoms with E-state index in [2.05, 4.69) is 10.2 Å². The van der Waals surface area contributed by atoms with E-state index in [-0.39, 0.29) is 22.8 Å². The third kappa shape index (κ3) is 3.04. The summed E-state index contributed by atoms with van der Waals surface area (Å²) in [6, 6.07) is 12.8. The topological polar surface area (TPSA) is 107 Å². The number of ether oxygens (including phenoxy) is 1. The van der Waals surface area contributed by atoms with Crippen molar-refractivity contribution in [3.63, 3.8) is 0 Å². The molecule has 0 unspecified atom stereocenters. The van der Waals surface area contributed by atoms with Crippen LogP contribution in [0.1, 0.15) is 16.1 Å². The Morgan fingerprint density at radius 1 is 1.15 bits per heavy atom. The number of hydrogen-bond donors (Lipinski definition) is 1. The minimum absolute atomic E-state index is 0.0544. The van der Waals surface area contributed by atoms with Gasteiger partial charge in [0.05, 0.1) is 11.8 Å². The molecular formula is C19H13N3O5. The quantitative estimate of drug-likeness (QED) is 0.480. The Hall–Kier alpha value is -3.94. The van der Waals surface area contributed by atoms with E-state index in [0.29, 0.717) is 0 Å². The van der Waals surface area contributed by atoms with Crippen LogP contribution in [0.4, 0.5) is 0 Å². The van der Waals surface area contributed by atoms with Crippen LogP contribution in [-0.4, -0.2) is 25.9 Å². The maximum Gasteiger partial charge on any atom is 0.343 e. The lowest BCUT2D eigenvalue weighted by atomic mass is 10.2. The van der Waals surface area contributed by atoms with E-state index in [1.807, 2.05) is 18.2 Å². The second-order valence-electron chi connectivity index (χ2n) is 5.74. The largest absolute Gasteiger partial charge is 0.508 e. The molecule has 0 aliphatic rings. The number of aryl methyl sites for hydroxylation is 1. The predicted octanol–water partition coefficient (Wildman–Crippen LogP) is 2.63. The molecule has 0 fully saturated rings. The highest BCUT2D eigenvalue weighted by molar-refractivity contribution is 5.93. The summed E-state index contributed by atoms with van der Waals surface area (Å²) in [7, 11) is 0. The summed E-state index contributed by atoms with van der Waals surface area (Å²) < 4.78 is 11.6. The van der Waals surface area contributed by atoms with Crippen LogP contribution in [0, 0.1) is 6.92 Å². The Morgan fingerprint density at radius 3 is 2.67 bits per heavy atom. The van der Waals surface area contributed by atoms with Gasteiger partial charge in [0.25, 0.3) is 0 Å². The monoisotopic (exact) mass is 363 g/mol. The van der Waals surface area contributed by atoms with Crippen molar-refractivity contribution in [2.24, 2.45) is 0 Å². The number of phenols is 1. The number of carbonyl (C=O) groups is 1. The lowest BCUT2D eigenvalue weighted by Crippen LogP contribution is -2.15. The fourth-order valence-corrected chi connectivity index (χ4v) is 2.55. The zero-order valence-corrected chi connectivity index (χ0v) is 14.1. The first kappa shape index (κ1) is 16.5. The number of carbonyl (C=O) groups excluding carboxylic acids is 1. The van der Waals surface area contributed by atoms with Crippen molar-refractivity contribution < 1.29 is 19.1 Å². The van der Waals surface area contributed by atoms with E-state index < -0.39 is 11.4 Å². The number of aromatic hydroxyl groups is 1. The molecule has 6 aromatic rings. The van der Waals surface area contributed by atoms with Gasteiger partial charge in [-0.25, -0.2) is 4.79 Å². The maximum atomic E-state index is 11.8. The summed E-state index contributed by atoms with van der Waals surface area (Å²) in [5, 5.41) is 17.4. The number of rotatable bonds is 2. The van der Waals surface area contributed by atoms with Crippen molar-refractivity contribution in [1.82, 2.24) is 14.8 Å². The average molecular weight is 363 g/mol. The molecule has 0 amide bonds. The molecule has 27 heavy (non-hydrogen) atoms. The zero-order valence-electron chi connectivity index (χ0n) is 14.1. The molecule has 0 aliphatic heterocycles. The lowest BCUT2D eigenvalue weighted by Gasteiger charge is -2.05. The Balaban J connectivity index is 0.000000163. The standard InChI is InChI=1S/C13H10O5.C6H3N3/c1-8-12(11(15)5-6-17-8)18-13(16)9-3-2-4-10(14)7-9;1-2-4-6-5(3-1)9(7-4)8-6/h2-7,14H,1H3;1-3H. The summed E-state index contributed by atoms with van der Waals surface area (Å²) in [6.45, 7) is 1.52. The molecule has 0 aliphatic carbocycles. The van der Waals surface area contributed by atoms with Gasteiger partial charge in [-0.1, -0.05) is 12.1 Å². The maximum absolute atomic E-state index is 11.8. The van der Waals surface area contributed by atoms with Crippen molar-refractivity contribution in [2.45, 2.75) is 6.92 Å². The molecule has 134 valence electrons. The first-order valence-corrected chi connectivity index (χ1v) is 7.99. The second kappa shape index (κ2) is 6.41. The summed E-state index contributed by atoms with van der Waals surface area (Å²) in [4.78, 5) is 23.2. The van der Waals surface area contributed by atoms with Crippen molar-refractivity contribution >= 4 is 22.5 Å². The van der Waals surface area contributed by atoms with Crippen LogP contribution in [0.2, 0.25) is 0 Å². The Morgan fingerprint density at radius 2 is 1.96 bits per heavy atom. The summed E-state index contributed by atoms with van der Waals surface area (Å²) in [6.07, 6.45) is 1.23. The molecule has 2 aromatic carbocycles. The van der Waals surface area contributed by atoms with Crippen molar-refractivity contribution in [1.29, 1.82) is 0 Å². The van der Waals surface area contributed by atoms with E-state index in [0.717, 1.165) is 22.6 Å². The van der Waals surface area contributed by atoms with Crippen LogP contribution >= 0.6 is 0 Å². The van der Waals surface area contributed by atoms with E-state index in [4.69, 9.17) is 9.15 Å². The van der Waals surface area contributed by atoms with Gasteiger partial charge in [0.1, 0.15) is 28.1 Å². The Bertz CT molecular complexity index is 1260. The number of phenolic OH excluding ortho intramolecular Hbond substituents is 1. The Kier molecular flexibility index (Phi) is 3.92. The molecule has 0 saturated heterocycles. The van der Waals surface area contributed by atoms with Gasteiger partial charge in [0.2, 0.25) is 11.2 Å². The molecular weight excluding hydrogens is 350 g/mol. The number of hydrogen-bond acceptors (Lipinski definition) is 7. The van der Waals surface area contributed by atoms with E-state index in [1.54, 1.807) is 4.63 Å². The van der Waals surface area contributed by atoms with Crippen LogP contribution in [0.15, 0.2) is 64.0 Å². The van der Waals surface area contributed by atoms with Crippen molar-refractivity contribution in [3.8, 4) is 11.5 Å². The minimum atomic E-state index is -0.729. The first-order valence-electron chi connectivity index (χ1n) is 7.99. The van der Waals surface area contributed by atoms with Gasteiger partial charge in [-0.05, 0) is 37.3 Å². The summed E-state index contributed by atoms with van der Waals surface area (Å²) in [5.74, 6) is -0.712. The third-order valence-corrected chi connectivity index (χ3v) is 3.89. The molecule has 4 bridgehead atoms. The molecule has 0 atom stereocenters. The summed E-state index contributed by atoms with van der Waals surface area (Å²) >= 11 is 0. The van der Waals surface area contributed by atoms with Gasteiger partial charge in [-0.15, -0.1) is 14.8 Å². The molecule has 1 N–H and O–H groups in total. The molecule has 6 rings (SSSR count). The highest BCUT2D eigenvalue weighted by Gasteiger charge is 2.14. The van der Waals surface area contributed by atoms with E-state index >= 15 is 0 Å². The van der Waals surface area contributed by atoms with Gasteiger partial charge < -0.3 is 14.3 Å². The van der Waals surface area contributed by atoms with Gasteiger partial charge in [-0.3, -0.25) is 4.79 Å². The average Bonchev–Trinajstić information content (AvgIpc) is 3.16. The molecule has 8 nitrogen and oxygen atoms in total. The van der Waals surface area contributed by atoms with Crippen LogP contribution in [0.5, 0.6) is 11.5 Å². The molecule has 0 spiro atoms. The lowest BCUT2D eigenvalue weighted by molar-refractivity contribution is 0.0726. The molecule has 4 heterocycles. The van der Waals surface area contributed by atoms with Crippen LogP contribution < -0.4 is 10.2 Å². The predicted molar refractivity (Wildman–Crippen MR) is 95.6 cm³/mol. The van der Waals surface area contributed by atoms with Gasteiger partial charge in [0, 0.05) is 6.07 Å². The number of aromatic nitrogens is 3. The number of esters is 1. The van der Waals surface area contributed by atoms with E-state index in [1.165, 1.54) is 37.5 Å². The summed E-state index contributed by atoms with van der Waals surface area (Å²) in [5.41, 5.74) is 2.92. The smallest absolute Gasteiger partial charge is 0.343 e.